The van der Waals surface area contributed by atoms with Gasteiger partial charge in [-0.2, -0.15) is 13.2 Å². The van der Waals surface area contributed by atoms with Crippen LogP contribution < -0.4 is 15.4 Å². The molecule has 1 fully saturated rings. The van der Waals surface area contributed by atoms with Gasteiger partial charge in [-0.3, -0.25) is 4.79 Å². The third-order valence-corrected chi connectivity index (χ3v) is 6.71. The molecule has 0 radical (unpaired) electrons. The number of nitrogens with zero attached hydrogens (tertiary/aromatic N) is 1. The Morgan fingerprint density at radius 2 is 1.72 bits per heavy atom. The molecule has 5 nitrogen and oxygen atoms in total. The van der Waals surface area contributed by atoms with Gasteiger partial charge in [-0.05, 0) is 43.8 Å². The molecule has 2 aromatic rings. The van der Waals surface area contributed by atoms with Gasteiger partial charge in [-0.1, -0.05) is 34.8 Å². The molecule has 0 saturated heterocycles. The van der Waals surface area contributed by atoms with Crippen LogP contribution in [0.15, 0.2) is 24.4 Å². The smallest absolute Gasteiger partial charge is 0.417 e. The SMILES string of the molecule is CC1(C(=O)NC(=S)Nc2cc(Cl)c(Oc3ncc(C(F)(F)F)cc3Cl)c(Cl)c2)CC1(Cl)Cl. The molecule has 1 aromatic carbocycles. The minimum absolute atomic E-state index is 0.0263. The van der Waals surface area contributed by atoms with Gasteiger partial charge in [0.2, 0.25) is 11.8 Å². The predicted molar refractivity (Wildman–Crippen MR) is 122 cm³/mol. The monoisotopic (exact) mass is 565 g/mol. The van der Waals surface area contributed by atoms with E-state index in [4.69, 9.17) is 75.0 Å². The molecule has 0 aliphatic heterocycles. The lowest BCUT2D eigenvalue weighted by atomic mass is 10.1. The molecule has 172 valence electrons. The van der Waals surface area contributed by atoms with Crippen LogP contribution >= 0.6 is 70.2 Å². The third-order valence-electron chi connectivity index (χ3n) is 4.58. The number of amides is 1. The number of carbonyl (C=O) groups excluding carboxylic acids is 1. The van der Waals surface area contributed by atoms with Gasteiger partial charge in [0.1, 0.15) is 9.36 Å². The highest BCUT2D eigenvalue weighted by molar-refractivity contribution is 7.80. The maximum Gasteiger partial charge on any atom is 0.417 e. The van der Waals surface area contributed by atoms with Crippen molar-refractivity contribution in [3.05, 3.63) is 45.0 Å². The molecule has 14 heteroatoms. The van der Waals surface area contributed by atoms with E-state index in [0.717, 1.165) is 0 Å². The number of aromatic nitrogens is 1. The summed E-state index contributed by atoms with van der Waals surface area (Å²) in [6.45, 7) is 1.60. The van der Waals surface area contributed by atoms with Crippen LogP contribution in [-0.2, 0) is 11.0 Å². The lowest BCUT2D eigenvalue weighted by Gasteiger charge is -2.16. The fourth-order valence-corrected chi connectivity index (χ4v) is 4.22. The van der Waals surface area contributed by atoms with Crippen molar-refractivity contribution < 1.29 is 22.7 Å². The van der Waals surface area contributed by atoms with Crippen molar-refractivity contribution in [2.24, 2.45) is 5.41 Å². The second-order valence-electron chi connectivity index (χ2n) is 7.00. The summed E-state index contributed by atoms with van der Waals surface area (Å²) in [7, 11) is 0. The molecule has 1 unspecified atom stereocenters. The zero-order chi connectivity index (χ0) is 24.1. The van der Waals surface area contributed by atoms with E-state index in [9.17, 15) is 18.0 Å². The van der Waals surface area contributed by atoms with Gasteiger partial charge in [-0.15, -0.1) is 23.2 Å². The number of rotatable bonds is 4. The van der Waals surface area contributed by atoms with E-state index < -0.39 is 27.4 Å². The number of benzene rings is 1. The molecule has 1 amide bonds. The Hall–Kier alpha value is -1.23. The fraction of sp³-hybridized carbons (Fsp3) is 0.278. The zero-order valence-electron chi connectivity index (χ0n) is 15.7. The van der Waals surface area contributed by atoms with Gasteiger partial charge in [0.05, 0.1) is 21.0 Å². The highest BCUT2D eigenvalue weighted by Gasteiger charge is 2.68. The van der Waals surface area contributed by atoms with E-state index in [1.807, 2.05) is 0 Å². The summed E-state index contributed by atoms with van der Waals surface area (Å²) in [4.78, 5) is 15.9. The Labute approximate surface area is 210 Å². The van der Waals surface area contributed by atoms with E-state index >= 15 is 0 Å². The van der Waals surface area contributed by atoms with Gasteiger partial charge in [0.25, 0.3) is 0 Å². The summed E-state index contributed by atoms with van der Waals surface area (Å²) in [5.74, 6) is -0.877. The van der Waals surface area contributed by atoms with Crippen LogP contribution in [0.4, 0.5) is 18.9 Å². The molecular weight excluding hydrogens is 557 g/mol. The number of halogens is 8. The number of hydrogen-bond donors (Lipinski definition) is 2. The summed E-state index contributed by atoms with van der Waals surface area (Å²) in [6, 6.07) is 3.40. The van der Waals surface area contributed by atoms with E-state index in [0.29, 0.717) is 18.0 Å². The summed E-state index contributed by atoms with van der Waals surface area (Å²) in [5.41, 5.74) is -1.71. The summed E-state index contributed by atoms with van der Waals surface area (Å²) in [6.07, 6.45) is -3.77. The summed E-state index contributed by atoms with van der Waals surface area (Å²) < 4.78 is 42.5. The Morgan fingerprint density at radius 1 is 1.16 bits per heavy atom. The topological polar surface area (TPSA) is 63.2 Å². The molecule has 32 heavy (non-hydrogen) atoms. The van der Waals surface area contributed by atoms with E-state index in [2.05, 4.69) is 15.6 Å². The predicted octanol–water partition coefficient (Wildman–Crippen LogP) is 7.25. The lowest BCUT2D eigenvalue weighted by Crippen LogP contribution is -2.40. The van der Waals surface area contributed by atoms with E-state index in [-0.39, 0.29) is 38.2 Å². The number of alkyl halides is 5. The Bertz CT molecular complexity index is 1090. The highest BCUT2D eigenvalue weighted by Crippen LogP contribution is 2.63. The number of carbonyl (C=O) groups is 1. The minimum atomic E-state index is -4.61. The number of pyridine rings is 1. The van der Waals surface area contributed by atoms with Crippen LogP contribution in [0.5, 0.6) is 11.6 Å². The summed E-state index contributed by atoms with van der Waals surface area (Å²) in [5, 5.41) is 4.72. The maximum atomic E-state index is 12.8. The first-order chi connectivity index (χ1) is 14.6. The average Bonchev–Trinajstić information content (AvgIpc) is 3.17. The van der Waals surface area contributed by atoms with Gasteiger partial charge < -0.3 is 15.4 Å². The number of nitrogens with one attached hydrogen (secondary N) is 2. The normalized spacial score (nSPS) is 19.3. The van der Waals surface area contributed by atoms with Gasteiger partial charge in [-0.25, -0.2) is 4.98 Å². The Morgan fingerprint density at radius 3 is 2.19 bits per heavy atom. The van der Waals surface area contributed by atoms with E-state index in [1.54, 1.807) is 6.92 Å². The molecule has 1 atom stereocenters. The maximum absolute atomic E-state index is 12.8. The average molecular weight is 568 g/mol. The van der Waals surface area contributed by atoms with Crippen molar-refractivity contribution >= 4 is 86.9 Å². The molecule has 2 N–H and O–H groups in total. The van der Waals surface area contributed by atoms with E-state index in [1.165, 1.54) is 12.1 Å². The molecule has 1 aromatic heterocycles. The van der Waals surface area contributed by atoms with Crippen molar-refractivity contribution in [1.82, 2.24) is 10.3 Å². The van der Waals surface area contributed by atoms with Crippen LogP contribution in [0.25, 0.3) is 0 Å². The number of thiocarbonyl (C=S) groups is 1. The Kier molecular flexibility index (Phi) is 7.02. The minimum Gasteiger partial charge on any atom is -0.434 e. The number of ether oxygens (including phenoxy) is 1. The lowest BCUT2D eigenvalue weighted by molar-refractivity contribution is -0.137. The second kappa shape index (κ2) is 8.85. The molecule has 1 saturated carbocycles. The van der Waals surface area contributed by atoms with Crippen LogP contribution in [-0.4, -0.2) is 20.3 Å². The van der Waals surface area contributed by atoms with Crippen LogP contribution in [0.1, 0.15) is 18.9 Å². The second-order valence-corrected chi connectivity index (χ2v) is 10.1. The molecule has 1 aliphatic rings. The van der Waals surface area contributed by atoms with Crippen molar-refractivity contribution in [1.29, 1.82) is 0 Å². The molecule has 1 aliphatic carbocycles. The standard InChI is InChI=1S/C18H11Cl5F3N3O2S/c1-16(6-17(16,22)23)14(30)29-15(32)28-8-3-9(19)12(10(20)4-8)31-13-11(21)2-7(5-27-13)18(24,25)26/h2-5H,6H2,1H3,(H2,28,29,30,32). The van der Waals surface area contributed by atoms with Crippen LogP contribution in [0, 0.1) is 5.41 Å². The number of hydrogen-bond acceptors (Lipinski definition) is 4. The van der Waals surface area contributed by atoms with Crippen LogP contribution in [0.3, 0.4) is 0 Å². The fourth-order valence-electron chi connectivity index (χ4n) is 2.53. The van der Waals surface area contributed by atoms with Gasteiger partial charge in [0.15, 0.2) is 10.9 Å². The first kappa shape index (κ1) is 25.4. The highest BCUT2D eigenvalue weighted by atomic mass is 35.5. The van der Waals surface area contributed by atoms with Crippen molar-refractivity contribution in [2.45, 2.75) is 23.9 Å². The summed E-state index contributed by atoms with van der Waals surface area (Å²) >= 11 is 35.3. The quantitative estimate of drug-likeness (QED) is 0.301. The molecular formula is C18H11Cl5F3N3O2S. The number of anilines is 1. The van der Waals surface area contributed by atoms with Crippen molar-refractivity contribution in [2.75, 3.05) is 5.32 Å². The zero-order valence-corrected chi connectivity index (χ0v) is 20.3. The first-order valence-corrected chi connectivity index (χ1v) is 10.8. The molecule has 0 spiro atoms. The van der Waals surface area contributed by atoms with Crippen molar-refractivity contribution in [3.63, 3.8) is 0 Å². The first-order valence-electron chi connectivity index (χ1n) is 8.54. The van der Waals surface area contributed by atoms with Gasteiger partial charge in [0, 0.05) is 11.9 Å². The van der Waals surface area contributed by atoms with Crippen molar-refractivity contribution in [3.8, 4) is 11.6 Å². The molecule has 3 rings (SSSR count). The Balaban J connectivity index is 1.72. The third kappa shape index (κ3) is 5.29. The molecule has 0 bridgehead atoms. The van der Waals surface area contributed by atoms with Crippen LogP contribution in [0.2, 0.25) is 15.1 Å². The largest absolute Gasteiger partial charge is 0.434 e. The van der Waals surface area contributed by atoms with Gasteiger partial charge >= 0.3 is 6.18 Å². The molecule has 1 heterocycles.